The molecule has 0 fully saturated rings. The summed E-state index contributed by atoms with van der Waals surface area (Å²) in [5.74, 6) is 0.397. The lowest BCUT2D eigenvalue weighted by Crippen LogP contribution is -2.33. The van der Waals surface area contributed by atoms with E-state index in [1.165, 1.54) is 12.0 Å². The molecule has 2 heterocycles. The minimum Gasteiger partial charge on any atom is -0.480 e. The van der Waals surface area contributed by atoms with E-state index in [9.17, 15) is 4.79 Å². The fourth-order valence-electron chi connectivity index (χ4n) is 1.87. The molecule has 1 amide bonds. The van der Waals surface area contributed by atoms with Crippen LogP contribution in [0.5, 0.6) is 5.88 Å². The van der Waals surface area contributed by atoms with Gasteiger partial charge in [0.1, 0.15) is 0 Å². The summed E-state index contributed by atoms with van der Waals surface area (Å²) in [4.78, 5) is 16.4. The molecule has 1 aliphatic rings. The Kier molecular flexibility index (Phi) is 3.36. The van der Waals surface area contributed by atoms with Crippen molar-refractivity contribution >= 4 is 17.4 Å². The second-order valence-corrected chi connectivity index (χ2v) is 4.00. The largest absolute Gasteiger partial charge is 0.480 e. The van der Waals surface area contributed by atoms with Gasteiger partial charge in [0, 0.05) is 13.1 Å². The van der Waals surface area contributed by atoms with Crippen molar-refractivity contribution in [1.29, 1.82) is 0 Å². The second-order valence-electron chi connectivity index (χ2n) is 4.00. The van der Waals surface area contributed by atoms with Crippen LogP contribution in [-0.4, -0.2) is 41.3 Å². The zero-order chi connectivity index (χ0) is 13.1. The van der Waals surface area contributed by atoms with E-state index in [2.05, 4.69) is 4.98 Å². The Morgan fingerprint density at radius 3 is 2.89 bits per heavy atom. The zero-order valence-electron chi connectivity index (χ0n) is 10.1. The van der Waals surface area contributed by atoms with E-state index < -0.39 is 6.09 Å². The number of nitrogens with zero attached hydrogens (tertiary/aromatic N) is 2. The number of nitrogens with two attached hydrogens (primary N) is 1. The molecule has 18 heavy (non-hydrogen) atoms. The third-order valence-corrected chi connectivity index (χ3v) is 2.89. The highest BCUT2D eigenvalue weighted by atomic mass is 16.5. The summed E-state index contributed by atoms with van der Waals surface area (Å²) in [6, 6.07) is 3.56. The molecule has 0 spiro atoms. The van der Waals surface area contributed by atoms with Crippen molar-refractivity contribution in [3.8, 4) is 5.88 Å². The molecule has 2 rings (SSSR count). The molecule has 0 aliphatic carbocycles. The molecule has 1 aliphatic heterocycles. The summed E-state index contributed by atoms with van der Waals surface area (Å²) >= 11 is 0. The number of carbonyl (C=O) groups is 1. The molecular weight excluding hydrogens is 234 g/mol. The number of carboxylic acid groups (broad SMARTS) is 1. The van der Waals surface area contributed by atoms with Crippen LogP contribution < -0.4 is 10.5 Å². The van der Waals surface area contributed by atoms with Crippen molar-refractivity contribution in [2.45, 2.75) is 6.42 Å². The standard InChI is InChI=1S/C12H15N3O3/c1-18-11-9(13)2-3-10(14-11)8-4-6-15(7-5-8)12(16)17/h2-4H,5-7,13H2,1H3,(H,16,17). The minimum atomic E-state index is -0.895. The normalized spacial score (nSPS) is 15.2. The van der Waals surface area contributed by atoms with Crippen LogP contribution >= 0.6 is 0 Å². The van der Waals surface area contributed by atoms with Crippen LogP contribution in [0.3, 0.4) is 0 Å². The van der Waals surface area contributed by atoms with Crippen LogP contribution in [0, 0.1) is 0 Å². The SMILES string of the molecule is COc1nc(C2=CCN(C(=O)O)CC2)ccc1N. The van der Waals surface area contributed by atoms with Gasteiger partial charge in [-0.25, -0.2) is 9.78 Å². The van der Waals surface area contributed by atoms with E-state index >= 15 is 0 Å². The second kappa shape index (κ2) is 4.95. The lowest BCUT2D eigenvalue weighted by molar-refractivity contribution is 0.150. The van der Waals surface area contributed by atoms with Gasteiger partial charge >= 0.3 is 6.09 Å². The highest BCUT2D eigenvalue weighted by Gasteiger charge is 2.17. The molecule has 0 saturated heterocycles. The van der Waals surface area contributed by atoms with E-state index in [4.69, 9.17) is 15.6 Å². The van der Waals surface area contributed by atoms with Crippen molar-refractivity contribution in [3.63, 3.8) is 0 Å². The summed E-state index contributed by atoms with van der Waals surface area (Å²) < 4.78 is 5.07. The first-order chi connectivity index (χ1) is 8.61. The minimum absolute atomic E-state index is 0.388. The lowest BCUT2D eigenvalue weighted by Gasteiger charge is -2.23. The van der Waals surface area contributed by atoms with Gasteiger partial charge in [0.2, 0.25) is 5.88 Å². The van der Waals surface area contributed by atoms with Crippen LogP contribution in [0.2, 0.25) is 0 Å². The van der Waals surface area contributed by atoms with Gasteiger partial charge in [0.15, 0.2) is 0 Å². The van der Waals surface area contributed by atoms with Crippen LogP contribution in [0.15, 0.2) is 18.2 Å². The van der Waals surface area contributed by atoms with E-state index in [-0.39, 0.29) is 0 Å². The maximum absolute atomic E-state index is 10.8. The monoisotopic (exact) mass is 249 g/mol. The summed E-state index contributed by atoms with van der Waals surface area (Å²) in [7, 11) is 1.52. The predicted molar refractivity (Wildman–Crippen MR) is 67.4 cm³/mol. The summed E-state index contributed by atoms with van der Waals surface area (Å²) in [6.07, 6.45) is 1.62. The Hall–Kier alpha value is -2.24. The smallest absolute Gasteiger partial charge is 0.407 e. The number of aromatic nitrogens is 1. The average molecular weight is 249 g/mol. The predicted octanol–water partition coefficient (Wildman–Crippen LogP) is 1.44. The van der Waals surface area contributed by atoms with Crippen LogP contribution in [0.1, 0.15) is 12.1 Å². The molecule has 0 atom stereocenters. The van der Waals surface area contributed by atoms with E-state index in [0.717, 1.165) is 11.3 Å². The number of methoxy groups -OCH3 is 1. The fraction of sp³-hybridized carbons (Fsp3) is 0.333. The van der Waals surface area contributed by atoms with E-state index in [1.807, 2.05) is 12.1 Å². The summed E-state index contributed by atoms with van der Waals surface area (Å²) in [5, 5.41) is 8.86. The molecule has 6 nitrogen and oxygen atoms in total. The average Bonchev–Trinajstić information content (AvgIpc) is 2.39. The maximum Gasteiger partial charge on any atom is 0.407 e. The van der Waals surface area contributed by atoms with Gasteiger partial charge < -0.3 is 20.5 Å². The highest BCUT2D eigenvalue weighted by molar-refractivity contribution is 5.70. The van der Waals surface area contributed by atoms with Crippen molar-refractivity contribution in [2.75, 3.05) is 25.9 Å². The van der Waals surface area contributed by atoms with Crippen LogP contribution in [0.4, 0.5) is 10.5 Å². The Bertz CT molecular complexity index is 499. The number of nitrogen functional groups attached to an aromatic ring is 1. The third kappa shape index (κ3) is 2.37. The van der Waals surface area contributed by atoms with E-state index in [0.29, 0.717) is 31.1 Å². The molecule has 96 valence electrons. The molecule has 0 radical (unpaired) electrons. The Morgan fingerprint density at radius 2 is 2.33 bits per heavy atom. The molecule has 1 aromatic heterocycles. The molecule has 0 saturated carbocycles. The van der Waals surface area contributed by atoms with Gasteiger partial charge in [-0.05, 0) is 24.1 Å². The zero-order valence-corrected chi connectivity index (χ0v) is 10.1. The Labute approximate surface area is 105 Å². The molecule has 6 heteroatoms. The van der Waals surface area contributed by atoms with Gasteiger partial charge in [-0.15, -0.1) is 0 Å². The fourth-order valence-corrected chi connectivity index (χ4v) is 1.87. The van der Waals surface area contributed by atoms with Gasteiger partial charge in [-0.3, -0.25) is 0 Å². The van der Waals surface area contributed by atoms with Gasteiger partial charge in [-0.2, -0.15) is 0 Å². The number of anilines is 1. The molecule has 3 N–H and O–H groups in total. The number of rotatable bonds is 2. The first-order valence-electron chi connectivity index (χ1n) is 5.59. The van der Waals surface area contributed by atoms with E-state index in [1.54, 1.807) is 6.07 Å². The number of ether oxygens (including phenoxy) is 1. The van der Waals surface area contributed by atoms with Gasteiger partial charge in [0.25, 0.3) is 0 Å². The Morgan fingerprint density at radius 1 is 1.56 bits per heavy atom. The maximum atomic E-state index is 10.8. The lowest BCUT2D eigenvalue weighted by atomic mass is 10.0. The van der Waals surface area contributed by atoms with Gasteiger partial charge in [0.05, 0.1) is 18.5 Å². The van der Waals surface area contributed by atoms with Gasteiger partial charge in [-0.1, -0.05) is 6.08 Å². The first kappa shape index (κ1) is 12.2. The number of amides is 1. The summed E-state index contributed by atoms with van der Waals surface area (Å²) in [6.45, 7) is 0.870. The van der Waals surface area contributed by atoms with Crippen molar-refractivity contribution < 1.29 is 14.6 Å². The van der Waals surface area contributed by atoms with Crippen LogP contribution in [0.25, 0.3) is 5.57 Å². The number of pyridine rings is 1. The molecule has 0 bridgehead atoms. The quantitative estimate of drug-likeness (QED) is 0.827. The topological polar surface area (TPSA) is 88.7 Å². The van der Waals surface area contributed by atoms with Crippen LogP contribution in [-0.2, 0) is 0 Å². The Balaban J connectivity index is 2.20. The molecular formula is C12H15N3O3. The van der Waals surface area contributed by atoms with Crippen molar-refractivity contribution in [1.82, 2.24) is 9.88 Å². The summed E-state index contributed by atoms with van der Waals surface area (Å²) in [5.41, 5.74) is 7.99. The molecule has 0 aromatic carbocycles. The molecule has 0 unspecified atom stereocenters. The number of hydrogen-bond donors (Lipinski definition) is 2. The van der Waals surface area contributed by atoms with Crippen molar-refractivity contribution in [2.24, 2.45) is 0 Å². The highest BCUT2D eigenvalue weighted by Crippen LogP contribution is 2.25. The number of hydrogen-bond acceptors (Lipinski definition) is 4. The van der Waals surface area contributed by atoms with Crippen molar-refractivity contribution in [3.05, 3.63) is 23.9 Å². The molecule has 1 aromatic rings. The third-order valence-electron chi connectivity index (χ3n) is 2.89. The first-order valence-corrected chi connectivity index (χ1v) is 5.59.